The Morgan fingerprint density at radius 2 is 1.76 bits per heavy atom. The number of ether oxygens (including phenoxy) is 2. The number of benzene rings is 1. The van der Waals surface area contributed by atoms with Gasteiger partial charge in [-0.1, -0.05) is 0 Å². The summed E-state index contributed by atoms with van der Waals surface area (Å²) >= 11 is -0.275. The summed E-state index contributed by atoms with van der Waals surface area (Å²) in [6.45, 7) is 0. The average Bonchev–Trinajstić information content (AvgIpc) is 2.38. The molecule has 0 radical (unpaired) electrons. The SMILES string of the molecule is COC(=O)/C=C(\[Se]c1ccccc1)C(=O)OC. The Bertz CT molecular complexity index is 425. The van der Waals surface area contributed by atoms with Gasteiger partial charge in [0.2, 0.25) is 0 Å². The molecule has 0 aliphatic carbocycles. The van der Waals surface area contributed by atoms with E-state index in [-0.39, 0.29) is 15.0 Å². The summed E-state index contributed by atoms with van der Waals surface area (Å²) in [6.07, 6.45) is 1.18. The molecule has 5 heteroatoms. The van der Waals surface area contributed by atoms with Gasteiger partial charge in [-0.2, -0.15) is 0 Å². The Balaban J connectivity index is 2.89. The topological polar surface area (TPSA) is 52.6 Å². The summed E-state index contributed by atoms with van der Waals surface area (Å²) in [6, 6.07) is 9.44. The van der Waals surface area contributed by atoms with E-state index in [9.17, 15) is 9.59 Å². The fraction of sp³-hybridized carbons (Fsp3) is 0.167. The van der Waals surface area contributed by atoms with Crippen molar-refractivity contribution in [3.8, 4) is 0 Å². The molecule has 0 heterocycles. The molecule has 0 saturated heterocycles. The molecule has 0 amide bonds. The number of hydrogen-bond acceptors (Lipinski definition) is 4. The Kier molecular flexibility index (Phi) is 5.46. The molecular weight excluding hydrogens is 287 g/mol. The summed E-state index contributed by atoms with van der Waals surface area (Å²) in [5.41, 5.74) is 0. The third-order valence-corrected chi connectivity index (χ3v) is 3.93. The molecule has 0 bridgehead atoms. The molecule has 0 atom stereocenters. The summed E-state index contributed by atoms with van der Waals surface area (Å²) in [7, 11) is 2.55. The fourth-order valence-electron chi connectivity index (χ4n) is 1.01. The molecule has 17 heavy (non-hydrogen) atoms. The van der Waals surface area contributed by atoms with Gasteiger partial charge in [0.25, 0.3) is 0 Å². The van der Waals surface area contributed by atoms with Crippen molar-refractivity contribution < 1.29 is 19.1 Å². The quantitative estimate of drug-likeness (QED) is 0.454. The fourth-order valence-corrected chi connectivity index (χ4v) is 2.84. The number of hydrogen-bond donors (Lipinski definition) is 0. The van der Waals surface area contributed by atoms with E-state index in [4.69, 9.17) is 0 Å². The summed E-state index contributed by atoms with van der Waals surface area (Å²) in [5, 5.41) is 0. The van der Waals surface area contributed by atoms with E-state index >= 15 is 0 Å². The minimum absolute atomic E-state index is 0.275. The van der Waals surface area contributed by atoms with Crippen LogP contribution in [0.3, 0.4) is 0 Å². The van der Waals surface area contributed by atoms with Gasteiger partial charge in [-0.25, -0.2) is 0 Å². The van der Waals surface area contributed by atoms with Gasteiger partial charge < -0.3 is 0 Å². The van der Waals surface area contributed by atoms with Crippen molar-refractivity contribution in [1.82, 2.24) is 0 Å². The number of rotatable bonds is 4. The summed E-state index contributed by atoms with van der Waals surface area (Å²) in [4.78, 5) is 22.6. The maximum atomic E-state index is 11.5. The van der Waals surface area contributed by atoms with Gasteiger partial charge in [0.05, 0.1) is 0 Å². The molecule has 0 saturated carbocycles. The molecule has 0 aliphatic heterocycles. The van der Waals surface area contributed by atoms with Crippen molar-refractivity contribution in [1.29, 1.82) is 0 Å². The number of esters is 2. The molecular formula is C12H12O4Se. The molecule has 4 nitrogen and oxygen atoms in total. The first-order valence-electron chi connectivity index (χ1n) is 4.78. The Morgan fingerprint density at radius 3 is 2.29 bits per heavy atom. The van der Waals surface area contributed by atoms with Crippen LogP contribution in [0.4, 0.5) is 0 Å². The van der Waals surface area contributed by atoms with Crippen LogP contribution in [-0.4, -0.2) is 41.1 Å². The van der Waals surface area contributed by atoms with Gasteiger partial charge in [0, 0.05) is 0 Å². The second-order valence-electron chi connectivity index (χ2n) is 2.94. The van der Waals surface area contributed by atoms with Gasteiger partial charge in [0.15, 0.2) is 0 Å². The third kappa shape index (κ3) is 4.42. The van der Waals surface area contributed by atoms with Crippen molar-refractivity contribution in [3.05, 3.63) is 40.9 Å². The van der Waals surface area contributed by atoms with E-state index in [2.05, 4.69) is 9.47 Å². The van der Waals surface area contributed by atoms with E-state index in [0.29, 0.717) is 4.47 Å². The predicted molar refractivity (Wildman–Crippen MR) is 63.9 cm³/mol. The molecule has 0 aliphatic rings. The molecule has 0 aromatic heterocycles. The normalized spacial score (nSPS) is 10.8. The number of carbonyl (C=O) groups excluding carboxylic acids is 2. The van der Waals surface area contributed by atoms with Gasteiger partial charge >= 0.3 is 106 Å². The molecule has 0 unspecified atom stereocenters. The van der Waals surface area contributed by atoms with E-state index in [1.807, 2.05) is 30.3 Å². The first-order valence-corrected chi connectivity index (χ1v) is 6.49. The maximum absolute atomic E-state index is 11.5. The minimum atomic E-state index is -0.553. The molecule has 0 N–H and O–H groups in total. The number of carbonyl (C=O) groups is 2. The Labute approximate surface area is 106 Å². The van der Waals surface area contributed by atoms with Crippen molar-refractivity contribution in [2.24, 2.45) is 0 Å². The summed E-state index contributed by atoms with van der Waals surface area (Å²) in [5.74, 6) is -1.05. The first kappa shape index (κ1) is 13.5. The molecule has 1 aromatic rings. The summed E-state index contributed by atoms with van der Waals surface area (Å²) < 4.78 is 10.4. The van der Waals surface area contributed by atoms with E-state index < -0.39 is 11.9 Å². The van der Waals surface area contributed by atoms with Crippen LogP contribution in [0, 0.1) is 0 Å². The third-order valence-electron chi connectivity index (χ3n) is 1.81. The second kappa shape index (κ2) is 6.89. The number of methoxy groups -OCH3 is 2. The van der Waals surface area contributed by atoms with Crippen LogP contribution in [0.2, 0.25) is 0 Å². The predicted octanol–water partition coefficient (Wildman–Crippen LogP) is 0.246. The molecule has 0 spiro atoms. The average molecular weight is 299 g/mol. The van der Waals surface area contributed by atoms with Gasteiger partial charge in [-0.05, 0) is 0 Å². The van der Waals surface area contributed by atoms with Crippen LogP contribution in [0.25, 0.3) is 0 Å². The van der Waals surface area contributed by atoms with Gasteiger partial charge in [0.1, 0.15) is 0 Å². The molecule has 0 fully saturated rings. The van der Waals surface area contributed by atoms with E-state index in [1.165, 1.54) is 20.3 Å². The van der Waals surface area contributed by atoms with Gasteiger partial charge in [-0.3, -0.25) is 0 Å². The molecule has 90 valence electrons. The zero-order valence-electron chi connectivity index (χ0n) is 9.51. The Morgan fingerprint density at radius 1 is 1.12 bits per heavy atom. The van der Waals surface area contributed by atoms with E-state index in [0.717, 1.165) is 4.46 Å². The van der Waals surface area contributed by atoms with Crippen molar-refractivity contribution in [3.63, 3.8) is 0 Å². The van der Waals surface area contributed by atoms with Gasteiger partial charge in [-0.15, -0.1) is 0 Å². The monoisotopic (exact) mass is 300 g/mol. The van der Waals surface area contributed by atoms with Crippen LogP contribution in [0.15, 0.2) is 40.9 Å². The van der Waals surface area contributed by atoms with Crippen LogP contribution < -0.4 is 4.46 Å². The molecule has 1 rings (SSSR count). The molecule has 1 aromatic carbocycles. The van der Waals surface area contributed by atoms with E-state index in [1.54, 1.807) is 0 Å². The first-order chi connectivity index (χ1) is 8.17. The van der Waals surface area contributed by atoms with Crippen molar-refractivity contribution >= 4 is 31.4 Å². The van der Waals surface area contributed by atoms with Crippen LogP contribution in [0.1, 0.15) is 0 Å². The van der Waals surface area contributed by atoms with Crippen LogP contribution in [0.5, 0.6) is 0 Å². The second-order valence-corrected chi connectivity index (χ2v) is 5.28. The van der Waals surface area contributed by atoms with Crippen molar-refractivity contribution in [2.75, 3.05) is 14.2 Å². The van der Waals surface area contributed by atoms with Crippen LogP contribution >= 0.6 is 0 Å². The Hall–Kier alpha value is -1.58. The standard InChI is InChI=1S/C12H12O4Se/c1-15-11(13)8-10(12(14)16-2)17-9-6-4-3-5-7-9/h3-8H,1-2H3/b10-8-. The zero-order valence-corrected chi connectivity index (χ0v) is 11.2. The van der Waals surface area contributed by atoms with Crippen molar-refractivity contribution in [2.45, 2.75) is 0 Å². The zero-order chi connectivity index (χ0) is 12.7. The van der Waals surface area contributed by atoms with Crippen LogP contribution in [-0.2, 0) is 19.1 Å².